The first-order valence-corrected chi connectivity index (χ1v) is 4.46. The molecule has 64 valence electrons. The molecule has 2 heteroatoms. The zero-order valence-electron chi connectivity index (χ0n) is 7.16. The van der Waals surface area contributed by atoms with Gasteiger partial charge in [0, 0.05) is 17.9 Å². The normalized spacial score (nSPS) is 19.1. The van der Waals surface area contributed by atoms with E-state index in [0.717, 1.165) is 12.8 Å². The summed E-state index contributed by atoms with van der Waals surface area (Å²) in [6, 6.07) is 4.09. The lowest BCUT2D eigenvalue weighted by molar-refractivity contribution is 0.608. The molecule has 0 bridgehead atoms. The van der Waals surface area contributed by atoms with E-state index >= 15 is 0 Å². The maximum absolute atomic E-state index is 5.97. The van der Waals surface area contributed by atoms with Crippen LogP contribution in [0.15, 0.2) is 24.5 Å². The van der Waals surface area contributed by atoms with Gasteiger partial charge in [-0.2, -0.15) is 0 Å². The molecule has 1 aromatic rings. The van der Waals surface area contributed by atoms with E-state index in [0.29, 0.717) is 0 Å². The minimum Gasteiger partial charge on any atom is -0.325 e. The lowest BCUT2D eigenvalue weighted by atomic mass is 10.1. The van der Waals surface area contributed by atoms with Gasteiger partial charge in [0.1, 0.15) is 0 Å². The zero-order chi connectivity index (χ0) is 8.44. The molecular formula is C10H14N2. The van der Waals surface area contributed by atoms with Crippen LogP contribution in [0.5, 0.6) is 0 Å². The van der Waals surface area contributed by atoms with Crippen molar-refractivity contribution in [3.05, 3.63) is 30.1 Å². The van der Waals surface area contributed by atoms with Gasteiger partial charge in [-0.3, -0.25) is 4.98 Å². The molecule has 0 saturated heterocycles. The second-order valence-corrected chi connectivity index (χ2v) is 3.72. The van der Waals surface area contributed by atoms with Gasteiger partial charge in [-0.25, -0.2) is 0 Å². The van der Waals surface area contributed by atoms with E-state index in [1.54, 1.807) is 6.20 Å². The number of aryl methyl sites for hydroxylation is 1. The van der Waals surface area contributed by atoms with Gasteiger partial charge in [0.15, 0.2) is 0 Å². The van der Waals surface area contributed by atoms with Gasteiger partial charge >= 0.3 is 0 Å². The molecule has 1 saturated carbocycles. The van der Waals surface area contributed by atoms with Crippen molar-refractivity contribution in [2.75, 3.05) is 0 Å². The van der Waals surface area contributed by atoms with E-state index in [9.17, 15) is 0 Å². The summed E-state index contributed by atoms with van der Waals surface area (Å²) in [6.45, 7) is 0. The van der Waals surface area contributed by atoms with Crippen molar-refractivity contribution >= 4 is 0 Å². The van der Waals surface area contributed by atoms with Crippen LogP contribution in [0.2, 0.25) is 0 Å². The van der Waals surface area contributed by atoms with Crippen LogP contribution >= 0.6 is 0 Å². The number of pyridine rings is 1. The third-order valence-electron chi connectivity index (χ3n) is 2.53. The highest BCUT2D eigenvalue weighted by atomic mass is 14.8. The fourth-order valence-corrected chi connectivity index (χ4v) is 1.35. The average Bonchev–Trinajstić information content (AvgIpc) is 2.84. The van der Waals surface area contributed by atoms with Gasteiger partial charge in [0.25, 0.3) is 0 Å². The standard InChI is InChI=1S/C10H14N2/c11-10(5-6-10)4-3-9-2-1-7-12-8-9/h1-2,7-8H,3-6,11H2. The Kier molecular flexibility index (Phi) is 1.85. The van der Waals surface area contributed by atoms with Gasteiger partial charge in [0.2, 0.25) is 0 Å². The second-order valence-electron chi connectivity index (χ2n) is 3.72. The molecule has 0 amide bonds. The molecule has 1 aliphatic carbocycles. The highest BCUT2D eigenvalue weighted by molar-refractivity contribution is 5.11. The van der Waals surface area contributed by atoms with E-state index in [1.165, 1.54) is 18.4 Å². The molecular weight excluding hydrogens is 148 g/mol. The van der Waals surface area contributed by atoms with Gasteiger partial charge in [-0.05, 0) is 37.3 Å². The molecule has 12 heavy (non-hydrogen) atoms. The maximum Gasteiger partial charge on any atom is 0.0299 e. The summed E-state index contributed by atoms with van der Waals surface area (Å²) in [5.74, 6) is 0. The van der Waals surface area contributed by atoms with Crippen LogP contribution in [0.4, 0.5) is 0 Å². The first kappa shape index (κ1) is 7.74. The minimum absolute atomic E-state index is 0.176. The first-order valence-electron chi connectivity index (χ1n) is 4.46. The number of aromatic nitrogens is 1. The minimum atomic E-state index is 0.176. The predicted molar refractivity (Wildman–Crippen MR) is 48.7 cm³/mol. The van der Waals surface area contributed by atoms with E-state index < -0.39 is 0 Å². The van der Waals surface area contributed by atoms with Gasteiger partial charge < -0.3 is 5.73 Å². The molecule has 0 aliphatic heterocycles. The van der Waals surface area contributed by atoms with Crippen molar-refractivity contribution < 1.29 is 0 Å². The molecule has 0 atom stereocenters. The van der Waals surface area contributed by atoms with Crippen molar-refractivity contribution in [1.82, 2.24) is 4.98 Å². The Hall–Kier alpha value is -0.890. The molecule has 0 spiro atoms. The Morgan fingerprint density at radius 3 is 2.92 bits per heavy atom. The highest BCUT2D eigenvalue weighted by Gasteiger charge is 2.37. The smallest absolute Gasteiger partial charge is 0.0299 e. The Labute approximate surface area is 72.8 Å². The molecule has 2 N–H and O–H groups in total. The maximum atomic E-state index is 5.97. The van der Waals surface area contributed by atoms with Crippen molar-refractivity contribution in [3.63, 3.8) is 0 Å². The third kappa shape index (κ3) is 1.83. The molecule has 0 radical (unpaired) electrons. The van der Waals surface area contributed by atoms with Crippen molar-refractivity contribution in [2.45, 2.75) is 31.2 Å². The SMILES string of the molecule is NC1(CCc2cccnc2)CC1. The third-order valence-corrected chi connectivity index (χ3v) is 2.53. The van der Waals surface area contributed by atoms with Crippen LogP contribution in [-0.4, -0.2) is 10.5 Å². The second kappa shape index (κ2) is 2.87. The van der Waals surface area contributed by atoms with Crippen LogP contribution in [0.25, 0.3) is 0 Å². The van der Waals surface area contributed by atoms with Crippen LogP contribution in [0, 0.1) is 0 Å². The molecule has 2 nitrogen and oxygen atoms in total. The Morgan fingerprint density at radius 2 is 2.33 bits per heavy atom. The van der Waals surface area contributed by atoms with Crippen molar-refractivity contribution in [1.29, 1.82) is 0 Å². The summed E-state index contributed by atoms with van der Waals surface area (Å²) < 4.78 is 0. The van der Waals surface area contributed by atoms with E-state index in [1.807, 2.05) is 12.3 Å². The molecule has 1 fully saturated rings. The fraction of sp³-hybridized carbons (Fsp3) is 0.500. The van der Waals surface area contributed by atoms with Crippen LogP contribution in [0.3, 0.4) is 0 Å². The molecule has 1 aromatic heterocycles. The van der Waals surface area contributed by atoms with Gasteiger partial charge in [-0.1, -0.05) is 6.07 Å². The van der Waals surface area contributed by atoms with Crippen LogP contribution in [-0.2, 0) is 6.42 Å². The van der Waals surface area contributed by atoms with Gasteiger partial charge in [0.05, 0.1) is 0 Å². The summed E-state index contributed by atoms with van der Waals surface area (Å²) in [5, 5.41) is 0. The summed E-state index contributed by atoms with van der Waals surface area (Å²) in [4.78, 5) is 4.06. The molecule has 2 rings (SSSR count). The van der Waals surface area contributed by atoms with Crippen molar-refractivity contribution in [3.8, 4) is 0 Å². The monoisotopic (exact) mass is 162 g/mol. The highest BCUT2D eigenvalue weighted by Crippen LogP contribution is 2.36. The lowest BCUT2D eigenvalue weighted by Gasteiger charge is -2.06. The Bertz CT molecular complexity index is 252. The predicted octanol–water partition coefficient (Wildman–Crippen LogP) is 1.51. The fourth-order valence-electron chi connectivity index (χ4n) is 1.35. The number of hydrogen-bond donors (Lipinski definition) is 1. The molecule has 0 unspecified atom stereocenters. The molecule has 1 aliphatic rings. The number of nitrogens with two attached hydrogens (primary N) is 1. The number of rotatable bonds is 3. The topological polar surface area (TPSA) is 38.9 Å². The summed E-state index contributed by atoms with van der Waals surface area (Å²) in [6.07, 6.45) is 8.31. The van der Waals surface area contributed by atoms with E-state index in [2.05, 4.69) is 11.1 Å². The lowest BCUT2D eigenvalue weighted by Crippen LogP contribution is -2.22. The average molecular weight is 162 g/mol. The first-order chi connectivity index (χ1) is 5.79. The van der Waals surface area contributed by atoms with Crippen LogP contribution < -0.4 is 5.73 Å². The molecule has 0 aromatic carbocycles. The molecule has 1 heterocycles. The zero-order valence-corrected chi connectivity index (χ0v) is 7.16. The largest absolute Gasteiger partial charge is 0.325 e. The van der Waals surface area contributed by atoms with Crippen LogP contribution in [0.1, 0.15) is 24.8 Å². The summed E-state index contributed by atoms with van der Waals surface area (Å²) in [7, 11) is 0. The number of nitrogens with zero attached hydrogens (tertiary/aromatic N) is 1. The Morgan fingerprint density at radius 1 is 1.50 bits per heavy atom. The summed E-state index contributed by atoms with van der Waals surface area (Å²) >= 11 is 0. The Balaban J connectivity index is 1.88. The van der Waals surface area contributed by atoms with E-state index in [-0.39, 0.29) is 5.54 Å². The van der Waals surface area contributed by atoms with E-state index in [4.69, 9.17) is 5.73 Å². The summed E-state index contributed by atoms with van der Waals surface area (Å²) in [5.41, 5.74) is 7.45. The quantitative estimate of drug-likeness (QED) is 0.731. The van der Waals surface area contributed by atoms with Gasteiger partial charge in [-0.15, -0.1) is 0 Å². The number of hydrogen-bond acceptors (Lipinski definition) is 2. The van der Waals surface area contributed by atoms with Crippen molar-refractivity contribution in [2.24, 2.45) is 5.73 Å².